The Morgan fingerprint density at radius 1 is 1.10 bits per heavy atom. The zero-order valence-electron chi connectivity index (χ0n) is 15.9. The Bertz CT molecular complexity index is 846. The van der Waals surface area contributed by atoms with E-state index in [1.807, 2.05) is 0 Å². The molecule has 1 aromatic carbocycles. The van der Waals surface area contributed by atoms with Crippen molar-refractivity contribution in [1.82, 2.24) is 10.3 Å². The van der Waals surface area contributed by atoms with Crippen molar-refractivity contribution in [3.8, 4) is 0 Å². The molecule has 29 heavy (non-hydrogen) atoms. The van der Waals surface area contributed by atoms with E-state index in [0.717, 1.165) is 56.9 Å². The number of amides is 1. The highest BCUT2D eigenvalue weighted by atomic mass is 19.4. The molecule has 0 atom stereocenters. The number of pyridine rings is 1. The van der Waals surface area contributed by atoms with Crippen LogP contribution in [0.15, 0.2) is 36.5 Å². The summed E-state index contributed by atoms with van der Waals surface area (Å²) in [6.07, 6.45) is 2.61. The van der Waals surface area contributed by atoms with Crippen molar-refractivity contribution in [1.29, 1.82) is 0 Å². The predicted molar refractivity (Wildman–Crippen MR) is 102 cm³/mol. The molecule has 1 saturated carbocycles. The van der Waals surface area contributed by atoms with E-state index in [0.29, 0.717) is 6.54 Å². The monoisotopic (exact) mass is 409 g/mol. The van der Waals surface area contributed by atoms with Gasteiger partial charge in [0.2, 0.25) is 0 Å². The molecule has 0 spiro atoms. The summed E-state index contributed by atoms with van der Waals surface area (Å²) in [5.41, 5.74) is -1.34. The van der Waals surface area contributed by atoms with Crippen LogP contribution in [0, 0.1) is 11.7 Å². The molecule has 1 aliphatic rings. The standard InChI is InChI=1S/C21H23F4N3O/c22-15-8-5-9-16(10-15)28-19-11-18(21(23,24)25)17(13-26-19)20(29)27-12-14-6-3-1-2-4-7-14/h5,8-11,13-14H,1-4,6-7,12H2,(H,26,28)(H,27,29). The third-order valence-electron chi connectivity index (χ3n) is 5.08. The molecule has 1 heterocycles. The second kappa shape index (κ2) is 9.24. The number of carbonyl (C=O) groups excluding carboxylic acids is 1. The van der Waals surface area contributed by atoms with Crippen LogP contribution in [-0.4, -0.2) is 17.4 Å². The summed E-state index contributed by atoms with van der Waals surface area (Å²) in [6, 6.07) is 6.07. The SMILES string of the molecule is O=C(NCC1CCCCCC1)c1cnc(Nc2cccc(F)c2)cc1C(F)(F)F. The van der Waals surface area contributed by atoms with Gasteiger partial charge in [-0.3, -0.25) is 4.79 Å². The molecule has 1 fully saturated rings. The fourth-order valence-corrected chi connectivity index (χ4v) is 3.55. The average molecular weight is 409 g/mol. The van der Waals surface area contributed by atoms with Gasteiger partial charge in [0.15, 0.2) is 0 Å². The number of halogens is 4. The first-order valence-electron chi connectivity index (χ1n) is 9.71. The number of nitrogens with one attached hydrogen (secondary N) is 2. The normalized spacial score (nSPS) is 15.6. The van der Waals surface area contributed by atoms with Gasteiger partial charge in [0, 0.05) is 18.4 Å². The van der Waals surface area contributed by atoms with Crippen LogP contribution in [0.5, 0.6) is 0 Å². The smallest absolute Gasteiger partial charge is 0.352 e. The van der Waals surface area contributed by atoms with Crippen molar-refractivity contribution in [2.24, 2.45) is 5.92 Å². The topological polar surface area (TPSA) is 54.0 Å². The van der Waals surface area contributed by atoms with Crippen LogP contribution < -0.4 is 10.6 Å². The highest BCUT2D eigenvalue weighted by Crippen LogP contribution is 2.34. The molecule has 0 saturated heterocycles. The summed E-state index contributed by atoms with van der Waals surface area (Å²) in [5.74, 6) is -1.15. The Kier molecular flexibility index (Phi) is 6.71. The molecule has 0 radical (unpaired) electrons. The van der Waals surface area contributed by atoms with Crippen LogP contribution in [0.3, 0.4) is 0 Å². The highest BCUT2D eigenvalue weighted by Gasteiger charge is 2.36. The van der Waals surface area contributed by atoms with Gasteiger partial charge in [-0.05, 0) is 43.0 Å². The zero-order chi connectivity index (χ0) is 20.9. The quantitative estimate of drug-likeness (QED) is 0.493. The second-order valence-electron chi connectivity index (χ2n) is 7.32. The van der Waals surface area contributed by atoms with Gasteiger partial charge >= 0.3 is 6.18 Å². The maximum Gasteiger partial charge on any atom is 0.417 e. The summed E-state index contributed by atoms with van der Waals surface area (Å²) in [7, 11) is 0. The minimum Gasteiger partial charge on any atom is -0.352 e. The summed E-state index contributed by atoms with van der Waals surface area (Å²) in [5, 5.41) is 5.27. The zero-order valence-corrected chi connectivity index (χ0v) is 15.9. The molecule has 2 aromatic rings. The van der Waals surface area contributed by atoms with Crippen LogP contribution in [0.25, 0.3) is 0 Å². The lowest BCUT2D eigenvalue weighted by molar-refractivity contribution is -0.137. The van der Waals surface area contributed by atoms with Crippen LogP contribution in [0.1, 0.15) is 54.4 Å². The van der Waals surface area contributed by atoms with Gasteiger partial charge in [0.1, 0.15) is 11.6 Å². The molecule has 3 rings (SSSR count). The van der Waals surface area contributed by atoms with Crippen LogP contribution in [0.2, 0.25) is 0 Å². The largest absolute Gasteiger partial charge is 0.417 e. The first-order valence-corrected chi connectivity index (χ1v) is 9.71. The lowest BCUT2D eigenvalue weighted by atomic mass is 10.00. The molecule has 0 unspecified atom stereocenters. The number of anilines is 2. The number of carbonyl (C=O) groups is 1. The molecule has 4 nitrogen and oxygen atoms in total. The Morgan fingerprint density at radius 3 is 2.48 bits per heavy atom. The van der Waals surface area contributed by atoms with Crippen molar-refractivity contribution in [2.45, 2.75) is 44.7 Å². The van der Waals surface area contributed by atoms with Crippen molar-refractivity contribution in [2.75, 3.05) is 11.9 Å². The van der Waals surface area contributed by atoms with E-state index in [1.54, 1.807) is 0 Å². The number of hydrogen-bond donors (Lipinski definition) is 2. The molecule has 156 valence electrons. The average Bonchev–Trinajstić information content (AvgIpc) is 2.94. The fraction of sp³-hybridized carbons (Fsp3) is 0.429. The molecule has 1 aliphatic carbocycles. The van der Waals surface area contributed by atoms with Gasteiger partial charge < -0.3 is 10.6 Å². The molecule has 0 bridgehead atoms. The molecule has 2 N–H and O–H groups in total. The lowest BCUT2D eigenvalue weighted by Gasteiger charge is -2.17. The molecular weight excluding hydrogens is 386 g/mol. The van der Waals surface area contributed by atoms with Crippen LogP contribution >= 0.6 is 0 Å². The number of hydrogen-bond acceptors (Lipinski definition) is 3. The van der Waals surface area contributed by atoms with E-state index in [2.05, 4.69) is 15.6 Å². The highest BCUT2D eigenvalue weighted by molar-refractivity contribution is 5.96. The maximum atomic E-state index is 13.5. The molecule has 1 aromatic heterocycles. The number of nitrogens with zero attached hydrogens (tertiary/aromatic N) is 1. The number of aromatic nitrogens is 1. The summed E-state index contributed by atoms with van der Waals surface area (Å²) in [4.78, 5) is 16.3. The Hall–Kier alpha value is -2.64. The first kappa shape index (κ1) is 21.1. The van der Waals surface area contributed by atoms with E-state index in [9.17, 15) is 22.4 Å². The number of benzene rings is 1. The van der Waals surface area contributed by atoms with E-state index in [4.69, 9.17) is 0 Å². The van der Waals surface area contributed by atoms with Crippen LogP contribution in [0.4, 0.5) is 29.1 Å². The summed E-state index contributed by atoms with van der Waals surface area (Å²) < 4.78 is 53.9. The fourth-order valence-electron chi connectivity index (χ4n) is 3.55. The molecule has 0 aliphatic heterocycles. The third kappa shape index (κ3) is 5.92. The second-order valence-corrected chi connectivity index (χ2v) is 7.32. The van der Waals surface area contributed by atoms with E-state index >= 15 is 0 Å². The minimum absolute atomic E-state index is 0.122. The van der Waals surface area contributed by atoms with Crippen molar-refractivity contribution >= 4 is 17.4 Å². The van der Waals surface area contributed by atoms with Gasteiger partial charge in [-0.15, -0.1) is 0 Å². The number of alkyl halides is 3. The Labute approximate surface area is 166 Å². The van der Waals surface area contributed by atoms with E-state index in [-0.39, 0.29) is 17.4 Å². The third-order valence-corrected chi connectivity index (χ3v) is 5.08. The predicted octanol–water partition coefficient (Wildman–Crippen LogP) is 5.68. The van der Waals surface area contributed by atoms with E-state index in [1.165, 1.54) is 18.2 Å². The Morgan fingerprint density at radius 2 is 1.83 bits per heavy atom. The van der Waals surface area contributed by atoms with Crippen molar-refractivity contribution in [3.63, 3.8) is 0 Å². The number of rotatable bonds is 5. The van der Waals surface area contributed by atoms with E-state index < -0.39 is 29.0 Å². The molecule has 8 heteroatoms. The maximum absolute atomic E-state index is 13.5. The first-order chi connectivity index (χ1) is 13.8. The van der Waals surface area contributed by atoms with Gasteiger partial charge in [0.05, 0.1) is 11.1 Å². The van der Waals surface area contributed by atoms with Gasteiger partial charge in [-0.25, -0.2) is 9.37 Å². The van der Waals surface area contributed by atoms with Gasteiger partial charge in [0.25, 0.3) is 5.91 Å². The van der Waals surface area contributed by atoms with Crippen molar-refractivity contribution < 1.29 is 22.4 Å². The summed E-state index contributed by atoms with van der Waals surface area (Å²) in [6.45, 7) is 0.361. The van der Waals surface area contributed by atoms with Crippen molar-refractivity contribution in [3.05, 3.63) is 53.5 Å². The molecule has 1 amide bonds. The lowest BCUT2D eigenvalue weighted by Crippen LogP contribution is -2.31. The Balaban J connectivity index is 1.75. The summed E-state index contributed by atoms with van der Waals surface area (Å²) >= 11 is 0. The molecular formula is C21H23F4N3O. The van der Waals surface area contributed by atoms with Crippen LogP contribution in [-0.2, 0) is 6.18 Å². The van der Waals surface area contributed by atoms with Gasteiger partial charge in [-0.2, -0.15) is 13.2 Å². The van der Waals surface area contributed by atoms with Gasteiger partial charge in [-0.1, -0.05) is 31.7 Å². The minimum atomic E-state index is -4.73.